The summed E-state index contributed by atoms with van der Waals surface area (Å²) in [4.78, 5) is 36.3. The van der Waals surface area contributed by atoms with Crippen LogP contribution in [0.4, 0.5) is 0 Å². The first-order chi connectivity index (χ1) is 12.0. The zero-order valence-corrected chi connectivity index (χ0v) is 14.1. The van der Waals surface area contributed by atoms with Crippen LogP contribution in [0.2, 0.25) is 0 Å². The SMILES string of the molecule is C[C@H]1CCCC[C@H]1NC(=O)Cn1nc(C(=O)O)c2ccccc2c1=O. The predicted octanol–water partition coefficient (Wildman–Crippen LogP) is 1.79. The van der Waals surface area contributed by atoms with Crippen molar-refractivity contribution >= 4 is 22.6 Å². The lowest BCUT2D eigenvalue weighted by atomic mass is 9.86. The standard InChI is InChI=1S/C18H21N3O4/c1-11-6-2-5-9-14(11)19-15(22)10-21-17(23)13-8-4-3-7-12(13)16(20-21)18(24)25/h3-4,7-8,11,14H,2,5-6,9-10H2,1H3,(H,19,22)(H,24,25)/t11-,14+/m0/s1. The van der Waals surface area contributed by atoms with E-state index in [0.717, 1.165) is 23.9 Å². The van der Waals surface area contributed by atoms with Gasteiger partial charge in [-0.2, -0.15) is 5.10 Å². The van der Waals surface area contributed by atoms with E-state index in [4.69, 9.17) is 0 Å². The van der Waals surface area contributed by atoms with Crippen LogP contribution in [0.1, 0.15) is 43.1 Å². The van der Waals surface area contributed by atoms with Crippen LogP contribution in [-0.4, -0.2) is 32.8 Å². The number of rotatable bonds is 4. The summed E-state index contributed by atoms with van der Waals surface area (Å²) in [7, 11) is 0. The van der Waals surface area contributed by atoms with Gasteiger partial charge < -0.3 is 10.4 Å². The molecule has 0 radical (unpaired) electrons. The molecule has 132 valence electrons. The summed E-state index contributed by atoms with van der Waals surface area (Å²) in [6, 6.07) is 6.49. The van der Waals surface area contributed by atoms with Gasteiger partial charge in [-0.05, 0) is 24.8 Å². The Morgan fingerprint density at radius 1 is 1.24 bits per heavy atom. The zero-order chi connectivity index (χ0) is 18.0. The lowest BCUT2D eigenvalue weighted by molar-refractivity contribution is -0.123. The molecular weight excluding hydrogens is 322 g/mol. The Hall–Kier alpha value is -2.70. The third-order valence-corrected chi connectivity index (χ3v) is 4.82. The molecule has 1 fully saturated rings. The fourth-order valence-corrected chi connectivity index (χ4v) is 3.42. The van der Waals surface area contributed by atoms with Gasteiger partial charge in [0, 0.05) is 11.4 Å². The van der Waals surface area contributed by atoms with E-state index in [2.05, 4.69) is 17.3 Å². The second-order valence-electron chi connectivity index (χ2n) is 6.60. The average Bonchev–Trinajstić information content (AvgIpc) is 2.59. The fraction of sp³-hybridized carbons (Fsp3) is 0.444. The molecule has 2 N–H and O–H groups in total. The molecule has 7 heteroatoms. The van der Waals surface area contributed by atoms with Crippen molar-refractivity contribution in [1.82, 2.24) is 15.1 Å². The van der Waals surface area contributed by atoms with Crippen LogP contribution in [0.25, 0.3) is 10.8 Å². The first-order valence-corrected chi connectivity index (χ1v) is 8.50. The van der Waals surface area contributed by atoms with Crippen LogP contribution >= 0.6 is 0 Å². The molecule has 7 nitrogen and oxygen atoms in total. The average molecular weight is 343 g/mol. The lowest BCUT2D eigenvalue weighted by Gasteiger charge is -2.29. The van der Waals surface area contributed by atoms with Crippen molar-refractivity contribution in [2.24, 2.45) is 5.92 Å². The van der Waals surface area contributed by atoms with E-state index in [0.29, 0.717) is 5.92 Å². The van der Waals surface area contributed by atoms with Crippen molar-refractivity contribution in [2.45, 2.75) is 45.2 Å². The minimum Gasteiger partial charge on any atom is -0.476 e. The van der Waals surface area contributed by atoms with Crippen molar-refractivity contribution in [2.75, 3.05) is 0 Å². The molecule has 0 aliphatic heterocycles. The van der Waals surface area contributed by atoms with Crippen LogP contribution in [0, 0.1) is 5.92 Å². The Kier molecular flexibility index (Phi) is 4.83. The highest BCUT2D eigenvalue weighted by atomic mass is 16.4. The van der Waals surface area contributed by atoms with Crippen LogP contribution < -0.4 is 10.9 Å². The Morgan fingerprint density at radius 3 is 2.60 bits per heavy atom. The first-order valence-electron chi connectivity index (χ1n) is 8.50. The molecule has 0 unspecified atom stereocenters. The molecule has 0 bridgehead atoms. The zero-order valence-electron chi connectivity index (χ0n) is 14.1. The fourth-order valence-electron chi connectivity index (χ4n) is 3.42. The quantitative estimate of drug-likeness (QED) is 0.881. The molecular formula is C18H21N3O4. The topological polar surface area (TPSA) is 101 Å². The van der Waals surface area contributed by atoms with E-state index < -0.39 is 11.5 Å². The van der Waals surface area contributed by atoms with E-state index >= 15 is 0 Å². The van der Waals surface area contributed by atoms with Gasteiger partial charge in [0.1, 0.15) is 6.54 Å². The maximum Gasteiger partial charge on any atom is 0.357 e. The number of nitrogens with zero attached hydrogens (tertiary/aromatic N) is 2. The molecule has 0 spiro atoms. The summed E-state index contributed by atoms with van der Waals surface area (Å²) >= 11 is 0. The number of benzene rings is 1. The van der Waals surface area contributed by atoms with Gasteiger partial charge in [-0.15, -0.1) is 0 Å². The van der Waals surface area contributed by atoms with Gasteiger partial charge in [0.25, 0.3) is 5.56 Å². The first kappa shape index (κ1) is 17.1. The van der Waals surface area contributed by atoms with Crippen molar-refractivity contribution in [3.63, 3.8) is 0 Å². The summed E-state index contributed by atoms with van der Waals surface area (Å²) in [5.74, 6) is -1.15. The van der Waals surface area contributed by atoms with Gasteiger partial charge in [0.05, 0.1) is 5.39 Å². The molecule has 1 aliphatic carbocycles. The smallest absolute Gasteiger partial charge is 0.357 e. The summed E-state index contributed by atoms with van der Waals surface area (Å²) < 4.78 is 0.939. The van der Waals surface area contributed by atoms with E-state index in [-0.39, 0.29) is 35.0 Å². The third kappa shape index (κ3) is 3.55. The third-order valence-electron chi connectivity index (χ3n) is 4.82. The number of hydrogen-bond donors (Lipinski definition) is 2. The number of carboxylic acid groups (broad SMARTS) is 1. The second-order valence-corrected chi connectivity index (χ2v) is 6.60. The van der Waals surface area contributed by atoms with Crippen LogP contribution in [0.15, 0.2) is 29.1 Å². The van der Waals surface area contributed by atoms with Gasteiger partial charge in [0.15, 0.2) is 5.69 Å². The Bertz CT molecular complexity index is 874. The van der Waals surface area contributed by atoms with Crippen molar-refractivity contribution < 1.29 is 14.7 Å². The Balaban J connectivity index is 1.88. The molecule has 1 amide bonds. The minimum atomic E-state index is -1.23. The number of aromatic nitrogens is 2. The monoisotopic (exact) mass is 343 g/mol. The number of carbonyl (C=O) groups excluding carboxylic acids is 1. The van der Waals surface area contributed by atoms with Crippen molar-refractivity contribution in [3.8, 4) is 0 Å². The number of hydrogen-bond acceptors (Lipinski definition) is 4. The van der Waals surface area contributed by atoms with Gasteiger partial charge in [-0.3, -0.25) is 9.59 Å². The summed E-state index contributed by atoms with van der Waals surface area (Å²) in [6.45, 7) is 1.82. The lowest BCUT2D eigenvalue weighted by Crippen LogP contribution is -2.44. The number of nitrogens with one attached hydrogen (secondary N) is 1. The van der Waals surface area contributed by atoms with Crippen molar-refractivity contribution in [1.29, 1.82) is 0 Å². The minimum absolute atomic E-state index is 0.0938. The van der Waals surface area contributed by atoms with Crippen LogP contribution in [0.5, 0.6) is 0 Å². The van der Waals surface area contributed by atoms with Gasteiger partial charge >= 0.3 is 5.97 Å². The predicted molar refractivity (Wildman–Crippen MR) is 92.5 cm³/mol. The molecule has 1 heterocycles. The number of fused-ring (bicyclic) bond motifs is 1. The van der Waals surface area contributed by atoms with Crippen LogP contribution in [0.3, 0.4) is 0 Å². The van der Waals surface area contributed by atoms with Crippen molar-refractivity contribution in [3.05, 3.63) is 40.3 Å². The highest BCUT2D eigenvalue weighted by Gasteiger charge is 2.23. The number of carbonyl (C=O) groups is 2. The summed E-state index contributed by atoms with van der Waals surface area (Å²) in [6.07, 6.45) is 4.24. The molecule has 0 saturated heterocycles. The normalized spacial score (nSPS) is 20.4. The van der Waals surface area contributed by atoms with Gasteiger partial charge in [-0.1, -0.05) is 38.0 Å². The molecule has 1 aromatic heterocycles. The molecule has 3 rings (SSSR count). The molecule has 1 saturated carbocycles. The molecule has 25 heavy (non-hydrogen) atoms. The van der Waals surface area contributed by atoms with E-state index in [1.807, 2.05) is 0 Å². The van der Waals surface area contributed by atoms with E-state index in [1.165, 1.54) is 6.42 Å². The molecule has 2 atom stereocenters. The second kappa shape index (κ2) is 7.04. The number of carboxylic acids is 1. The highest BCUT2D eigenvalue weighted by molar-refractivity contribution is 6.01. The number of aromatic carboxylic acids is 1. The maximum absolute atomic E-state index is 12.5. The van der Waals surface area contributed by atoms with Gasteiger partial charge in [0.2, 0.25) is 5.91 Å². The molecule has 2 aromatic rings. The summed E-state index contributed by atoms with van der Waals surface area (Å²) in [5.41, 5.74) is -0.693. The number of amides is 1. The Morgan fingerprint density at radius 2 is 1.92 bits per heavy atom. The van der Waals surface area contributed by atoms with Crippen LogP contribution in [-0.2, 0) is 11.3 Å². The van der Waals surface area contributed by atoms with Gasteiger partial charge in [-0.25, -0.2) is 9.48 Å². The maximum atomic E-state index is 12.5. The Labute approximate surface area is 144 Å². The highest BCUT2D eigenvalue weighted by Crippen LogP contribution is 2.23. The van der Waals surface area contributed by atoms with E-state index in [9.17, 15) is 19.5 Å². The molecule has 1 aliphatic rings. The largest absolute Gasteiger partial charge is 0.476 e. The van der Waals surface area contributed by atoms with E-state index in [1.54, 1.807) is 24.3 Å². The summed E-state index contributed by atoms with van der Waals surface area (Å²) in [5, 5.41) is 16.7. The molecule has 1 aromatic carbocycles.